The molecule has 0 saturated carbocycles. The first-order valence-electron chi connectivity index (χ1n) is 3.79. The quantitative estimate of drug-likeness (QED) is 0.437. The summed E-state index contributed by atoms with van der Waals surface area (Å²) in [4.78, 5) is 10.4. The van der Waals surface area contributed by atoms with Crippen molar-refractivity contribution in [3.05, 3.63) is 0 Å². The molecule has 0 bridgehead atoms. The Bertz CT molecular complexity index is 205. The average molecular weight is 192 g/mol. The lowest BCUT2D eigenvalue weighted by Crippen LogP contribution is -2.48. The van der Waals surface area contributed by atoms with Gasteiger partial charge in [0.05, 0.1) is 6.61 Å². The van der Waals surface area contributed by atoms with E-state index in [2.05, 4.69) is 9.47 Å². The summed E-state index contributed by atoms with van der Waals surface area (Å²) in [6.45, 7) is 0.533. The third kappa shape index (κ3) is 2.16. The van der Waals surface area contributed by atoms with E-state index >= 15 is 0 Å². The molecule has 6 heteroatoms. The van der Waals surface area contributed by atoms with Gasteiger partial charge in [-0.3, -0.25) is 4.79 Å². The Labute approximate surface area is 74.7 Å². The average Bonchev–Trinajstić information content (AvgIpc) is 2.31. The lowest BCUT2D eigenvalue weighted by molar-refractivity contribution is -0.158. The molecule has 0 aromatic heterocycles. The van der Waals surface area contributed by atoms with Crippen molar-refractivity contribution in [2.45, 2.75) is 24.9 Å². The SMILES string of the molecule is CC(=O)OC[C@@]1(O)CO[C@H](O)[C@H]1O. The largest absolute Gasteiger partial charge is 0.463 e. The Hall–Kier alpha value is -0.690. The van der Waals surface area contributed by atoms with Crippen molar-refractivity contribution in [2.75, 3.05) is 13.2 Å². The van der Waals surface area contributed by atoms with Gasteiger partial charge in [0.25, 0.3) is 0 Å². The minimum absolute atomic E-state index is 0.261. The number of carbonyl (C=O) groups excluding carboxylic acids is 1. The smallest absolute Gasteiger partial charge is 0.302 e. The second kappa shape index (κ2) is 3.59. The number of hydrogen-bond donors (Lipinski definition) is 3. The minimum Gasteiger partial charge on any atom is -0.463 e. The van der Waals surface area contributed by atoms with Crippen LogP contribution in [-0.2, 0) is 14.3 Å². The Morgan fingerprint density at radius 3 is 2.69 bits per heavy atom. The highest BCUT2D eigenvalue weighted by atomic mass is 16.6. The topological polar surface area (TPSA) is 96.2 Å². The van der Waals surface area contributed by atoms with Crippen LogP contribution in [0.1, 0.15) is 6.92 Å². The maximum absolute atomic E-state index is 10.4. The Kier molecular flexibility index (Phi) is 2.87. The lowest BCUT2D eigenvalue weighted by atomic mass is 10.0. The predicted molar refractivity (Wildman–Crippen MR) is 39.5 cm³/mol. The van der Waals surface area contributed by atoms with Crippen molar-refractivity contribution in [3.63, 3.8) is 0 Å². The van der Waals surface area contributed by atoms with Gasteiger partial charge in [-0.25, -0.2) is 0 Å². The van der Waals surface area contributed by atoms with Crippen molar-refractivity contribution >= 4 is 5.97 Å². The summed E-state index contributed by atoms with van der Waals surface area (Å²) in [6.07, 6.45) is -2.88. The fourth-order valence-electron chi connectivity index (χ4n) is 1.03. The molecule has 0 aliphatic carbocycles. The highest BCUT2D eigenvalue weighted by Crippen LogP contribution is 2.23. The van der Waals surface area contributed by atoms with Gasteiger partial charge in [0.2, 0.25) is 0 Å². The van der Waals surface area contributed by atoms with Crippen LogP contribution in [0.15, 0.2) is 0 Å². The molecule has 76 valence electrons. The number of esters is 1. The van der Waals surface area contributed by atoms with Gasteiger partial charge in [-0.1, -0.05) is 0 Å². The molecule has 1 aliphatic rings. The van der Waals surface area contributed by atoms with Gasteiger partial charge in [-0.15, -0.1) is 0 Å². The first kappa shape index (κ1) is 10.4. The fourth-order valence-corrected chi connectivity index (χ4v) is 1.03. The van der Waals surface area contributed by atoms with E-state index in [0.717, 1.165) is 0 Å². The van der Waals surface area contributed by atoms with Gasteiger partial charge in [0.15, 0.2) is 11.9 Å². The Morgan fingerprint density at radius 1 is 1.69 bits per heavy atom. The van der Waals surface area contributed by atoms with E-state index in [0.29, 0.717) is 0 Å². The van der Waals surface area contributed by atoms with Crippen molar-refractivity contribution in [2.24, 2.45) is 0 Å². The van der Waals surface area contributed by atoms with Crippen LogP contribution in [0.2, 0.25) is 0 Å². The van der Waals surface area contributed by atoms with Crippen LogP contribution < -0.4 is 0 Å². The summed E-state index contributed by atoms with van der Waals surface area (Å²) in [6, 6.07) is 0. The van der Waals surface area contributed by atoms with Crippen LogP contribution in [0.4, 0.5) is 0 Å². The highest BCUT2D eigenvalue weighted by molar-refractivity contribution is 5.65. The van der Waals surface area contributed by atoms with Crippen molar-refractivity contribution < 1.29 is 29.6 Å². The number of hydrogen-bond acceptors (Lipinski definition) is 6. The van der Waals surface area contributed by atoms with E-state index in [1.165, 1.54) is 6.92 Å². The van der Waals surface area contributed by atoms with E-state index < -0.39 is 24.0 Å². The molecule has 1 heterocycles. The van der Waals surface area contributed by atoms with Gasteiger partial charge < -0.3 is 24.8 Å². The standard InChI is InChI=1S/C7H12O6/c1-4(8)12-2-7(11)3-13-6(10)5(7)9/h5-6,9-11H,2-3H2,1H3/t5-,6+,7-/m1/s1. The number of rotatable bonds is 2. The van der Waals surface area contributed by atoms with E-state index in [1.807, 2.05) is 0 Å². The van der Waals surface area contributed by atoms with Crippen molar-refractivity contribution in [1.82, 2.24) is 0 Å². The molecule has 0 radical (unpaired) electrons. The number of ether oxygens (including phenoxy) is 2. The van der Waals surface area contributed by atoms with Gasteiger partial charge in [-0.05, 0) is 0 Å². The van der Waals surface area contributed by atoms with Gasteiger partial charge in [0.1, 0.15) is 12.7 Å². The maximum atomic E-state index is 10.4. The molecular weight excluding hydrogens is 180 g/mol. The molecule has 0 aromatic rings. The molecule has 0 spiro atoms. The second-order valence-corrected chi connectivity index (χ2v) is 3.03. The summed E-state index contributed by atoms with van der Waals surface area (Å²) < 4.78 is 9.08. The maximum Gasteiger partial charge on any atom is 0.302 e. The molecule has 1 rings (SSSR count). The summed E-state index contributed by atoms with van der Waals surface area (Å²) in [5.74, 6) is -0.568. The summed E-state index contributed by atoms with van der Waals surface area (Å²) in [5.41, 5.74) is -1.70. The first-order valence-corrected chi connectivity index (χ1v) is 3.79. The molecule has 0 unspecified atom stereocenters. The molecule has 3 atom stereocenters. The summed E-state index contributed by atoms with van der Waals surface area (Å²) in [7, 11) is 0. The lowest BCUT2D eigenvalue weighted by Gasteiger charge is -2.23. The highest BCUT2D eigenvalue weighted by Gasteiger charge is 2.48. The number of aliphatic hydroxyl groups excluding tert-OH is 2. The molecule has 13 heavy (non-hydrogen) atoms. The van der Waals surface area contributed by atoms with Crippen LogP contribution in [-0.4, -0.2) is 52.5 Å². The van der Waals surface area contributed by atoms with Crippen molar-refractivity contribution in [1.29, 1.82) is 0 Å². The molecule has 1 saturated heterocycles. The van der Waals surface area contributed by atoms with Crippen LogP contribution >= 0.6 is 0 Å². The second-order valence-electron chi connectivity index (χ2n) is 3.03. The fraction of sp³-hybridized carbons (Fsp3) is 0.857. The third-order valence-electron chi connectivity index (χ3n) is 1.85. The molecule has 0 amide bonds. The zero-order valence-electron chi connectivity index (χ0n) is 7.14. The van der Waals surface area contributed by atoms with E-state index in [4.69, 9.17) is 5.11 Å². The number of aliphatic hydroxyl groups is 3. The molecule has 0 aromatic carbocycles. The van der Waals surface area contributed by atoms with E-state index in [1.54, 1.807) is 0 Å². The normalized spacial score (nSPS) is 39.1. The number of carbonyl (C=O) groups is 1. The Morgan fingerprint density at radius 2 is 2.31 bits per heavy atom. The van der Waals surface area contributed by atoms with Gasteiger partial charge in [0, 0.05) is 6.92 Å². The van der Waals surface area contributed by atoms with Crippen LogP contribution in [0.3, 0.4) is 0 Å². The van der Waals surface area contributed by atoms with Crippen molar-refractivity contribution in [3.8, 4) is 0 Å². The van der Waals surface area contributed by atoms with Gasteiger partial charge >= 0.3 is 5.97 Å². The Balaban J connectivity index is 2.51. The monoisotopic (exact) mass is 192 g/mol. The van der Waals surface area contributed by atoms with E-state index in [9.17, 15) is 15.0 Å². The zero-order chi connectivity index (χ0) is 10.1. The summed E-state index contributed by atoms with van der Waals surface area (Å²) >= 11 is 0. The molecule has 6 nitrogen and oxygen atoms in total. The molecular formula is C7H12O6. The minimum atomic E-state index is -1.70. The molecule has 1 aliphatic heterocycles. The summed E-state index contributed by atoms with van der Waals surface area (Å²) in [5, 5.41) is 27.7. The van der Waals surface area contributed by atoms with E-state index in [-0.39, 0.29) is 13.2 Å². The molecule has 3 N–H and O–H groups in total. The zero-order valence-corrected chi connectivity index (χ0v) is 7.14. The van der Waals surface area contributed by atoms with Crippen LogP contribution in [0, 0.1) is 0 Å². The van der Waals surface area contributed by atoms with Crippen LogP contribution in [0.5, 0.6) is 0 Å². The van der Waals surface area contributed by atoms with Gasteiger partial charge in [-0.2, -0.15) is 0 Å². The predicted octanol–water partition coefficient (Wildman–Crippen LogP) is -2.01. The first-order chi connectivity index (χ1) is 5.96. The molecule has 1 fully saturated rings. The van der Waals surface area contributed by atoms with Crippen LogP contribution in [0.25, 0.3) is 0 Å². The third-order valence-corrected chi connectivity index (χ3v) is 1.85.